The second kappa shape index (κ2) is 7.77. The second-order valence-electron chi connectivity index (χ2n) is 6.58. The zero-order chi connectivity index (χ0) is 18.7. The molecule has 0 aliphatic rings. The Kier molecular flexibility index (Phi) is 5.46. The lowest BCUT2D eigenvalue weighted by Crippen LogP contribution is -1.98. The van der Waals surface area contributed by atoms with Crippen LogP contribution in [0.25, 0.3) is 11.1 Å². The molecule has 0 heterocycles. The Morgan fingerprint density at radius 2 is 1.31 bits per heavy atom. The number of hydrogen-bond donors (Lipinski definition) is 0. The Bertz CT molecular complexity index is 888. The summed E-state index contributed by atoms with van der Waals surface area (Å²) in [4.78, 5) is 0. The summed E-state index contributed by atoms with van der Waals surface area (Å²) in [7, 11) is 0. The van der Waals surface area contributed by atoms with Crippen molar-refractivity contribution in [3.8, 4) is 11.1 Å². The van der Waals surface area contributed by atoms with Gasteiger partial charge in [0.15, 0.2) is 0 Å². The summed E-state index contributed by atoms with van der Waals surface area (Å²) >= 11 is 0. The molecule has 0 atom stereocenters. The summed E-state index contributed by atoms with van der Waals surface area (Å²) < 4.78 is 43.0. The van der Waals surface area contributed by atoms with Crippen molar-refractivity contribution in [2.24, 2.45) is 0 Å². The van der Waals surface area contributed by atoms with Crippen molar-refractivity contribution in [2.45, 2.75) is 33.1 Å². The lowest BCUT2D eigenvalue weighted by Gasteiger charge is -2.10. The third kappa shape index (κ3) is 3.98. The molecule has 0 nitrogen and oxygen atoms in total. The molecule has 3 aromatic rings. The van der Waals surface area contributed by atoms with Gasteiger partial charge in [0.05, 0.1) is 5.56 Å². The summed E-state index contributed by atoms with van der Waals surface area (Å²) in [5.41, 5.74) is 3.47. The molecule has 0 aromatic heterocycles. The number of halogens is 3. The molecular weight excluding hydrogens is 333 g/mol. The SMILES string of the molecule is CCc1ccc(-c2c(F)cc(CCc3ccc(C)cc3)cc2F)cc1F. The van der Waals surface area contributed by atoms with Gasteiger partial charge in [-0.1, -0.05) is 48.9 Å². The number of hydrogen-bond acceptors (Lipinski definition) is 0. The molecule has 134 valence electrons. The van der Waals surface area contributed by atoms with Gasteiger partial charge in [0.1, 0.15) is 17.5 Å². The normalized spacial score (nSPS) is 11.0. The van der Waals surface area contributed by atoms with Crippen LogP contribution in [-0.4, -0.2) is 0 Å². The van der Waals surface area contributed by atoms with E-state index in [9.17, 15) is 13.2 Å². The molecule has 0 unspecified atom stereocenters. The van der Waals surface area contributed by atoms with Crippen molar-refractivity contribution in [1.82, 2.24) is 0 Å². The van der Waals surface area contributed by atoms with Crippen LogP contribution in [0.4, 0.5) is 13.2 Å². The quantitative estimate of drug-likeness (QED) is 0.495. The second-order valence-corrected chi connectivity index (χ2v) is 6.58. The molecule has 3 rings (SSSR count). The van der Waals surface area contributed by atoms with Crippen molar-refractivity contribution in [2.75, 3.05) is 0 Å². The molecule has 0 bridgehead atoms. The summed E-state index contributed by atoms with van der Waals surface area (Å²) in [6, 6.07) is 15.1. The molecule has 0 saturated heterocycles. The molecule has 0 N–H and O–H groups in total. The first-order valence-electron chi connectivity index (χ1n) is 8.80. The van der Waals surface area contributed by atoms with Crippen molar-refractivity contribution >= 4 is 0 Å². The van der Waals surface area contributed by atoms with Crippen LogP contribution in [0.2, 0.25) is 0 Å². The minimum absolute atomic E-state index is 0.175. The van der Waals surface area contributed by atoms with Crippen molar-refractivity contribution in [3.05, 3.63) is 94.3 Å². The Labute approximate surface area is 152 Å². The van der Waals surface area contributed by atoms with E-state index in [0.29, 0.717) is 30.4 Å². The Balaban J connectivity index is 1.84. The van der Waals surface area contributed by atoms with Crippen molar-refractivity contribution < 1.29 is 13.2 Å². The van der Waals surface area contributed by atoms with Gasteiger partial charge in [-0.05, 0) is 66.6 Å². The Morgan fingerprint density at radius 1 is 0.692 bits per heavy atom. The van der Waals surface area contributed by atoms with Gasteiger partial charge in [0, 0.05) is 0 Å². The average molecular weight is 354 g/mol. The molecule has 0 aliphatic heterocycles. The van der Waals surface area contributed by atoms with Gasteiger partial charge in [-0.2, -0.15) is 0 Å². The maximum absolute atomic E-state index is 14.5. The first-order valence-corrected chi connectivity index (χ1v) is 8.80. The first-order chi connectivity index (χ1) is 12.5. The average Bonchev–Trinajstić information content (AvgIpc) is 2.61. The van der Waals surface area contributed by atoms with Crippen molar-refractivity contribution in [1.29, 1.82) is 0 Å². The van der Waals surface area contributed by atoms with Gasteiger partial charge in [0.2, 0.25) is 0 Å². The van der Waals surface area contributed by atoms with E-state index in [2.05, 4.69) is 0 Å². The smallest absolute Gasteiger partial charge is 0.134 e. The van der Waals surface area contributed by atoms with Crippen LogP contribution in [0.15, 0.2) is 54.6 Å². The molecule has 3 aromatic carbocycles. The molecule has 0 radical (unpaired) electrons. The minimum atomic E-state index is -0.660. The van der Waals surface area contributed by atoms with Gasteiger partial charge in [0.25, 0.3) is 0 Å². The number of rotatable bonds is 5. The van der Waals surface area contributed by atoms with Crippen LogP contribution in [-0.2, 0) is 19.3 Å². The summed E-state index contributed by atoms with van der Waals surface area (Å²) in [5, 5.41) is 0. The van der Waals surface area contributed by atoms with E-state index < -0.39 is 17.5 Å². The van der Waals surface area contributed by atoms with Crippen LogP contribution in [0.1, 0.15) is 29.2 Å². The molecule has 3 heteroatoms. The maximum atomic E-state index is 14.5. The fourth-order valence-electron chi connectivity index (χ4n) is 3.08. The number of benzene rings is 3. The monoisotopic (exact) mass is 354 g/mol. The van der Waals surface area contributed by atoms with Crippen LogP contribution in [0.3, 0.4) is 0 Å². The van der Waals surface area contributed by atoms with E-state index in [1.54, 1.807) is 12.1 Å². The van der Waals surface area contributed by atoms with E-state index in [0.717, 1.165) is 5.56 Å². The van der Waals surface area contributed by atoms with Gasteiger partial charge >= 0.3 is 0 Å². The summed E-state index contributed by atoms with van der Waals surface area (Å²) in [5.74, 6) is -1.76. The van der Waals surface area contributed by atoms with Crippen LogP contribution in [0, 0.1) is 24.4 Å². The van der Waals surface area contributed by atoms with Gasteiger partial charge in [-0.3, -0.25) is 0 Å². The minimum Gasteiger partial charge on any atom is -0.207 e. The Hall–Kier alpha value is -2.55. The fraction of sp³-hybridized carbons (Fsp3) is 0.217. The highest BCUT2D eigenvalue weighted by atomic mass is 19.1. The highest BCUT2D eigenvalue weighted by Crippen LogP contribution is 2.29. The van der Waals surface area contributed by atoms with E-state index in [1.807, 2.05) is 38.1 Å². The summed E-state index contributed by atoms with van der Waals surface area (Å²) in [6.07, 6.45) is 1.79. The van der Waals surface area contributed by atoms with Crippen molar-refractivity contribution in [3.63, 3.8) is 0 Å². The van der Waals surface area contributed by atoms with Crippen LogP contribution < -0.4 is 0 Å². The number of aryl methyl sites for hydroxylation is 4. The van der Waals surface area contributed by atoms with Gasteiger partial charge in [-0.15, -0.1) is 0 Å². The predicted octanol–water partition coefficient (Wildman–Crippen LogP) is 6.43. The molecule has 0 fully saturated rings. The van der Waals surface area contributed by atoms with E-state index >= 15 is 0 Å². The van der Waals surface area contributed by atoms with E-state index in [1.165, 1.54) is 23.8 Å². The van der Waals surface area contributed by atoms with Gasteiger partial charge in [-0.25, -0.2) is 13.2 Å². The Morgan fingerprint density at radius 3 is 1.88 bits per heavy atom. The lowest BCUT2D eigenvalue weighted by atomic mass is 9.97. The molecule has 0 saturated carbocycles. The van der Waals surface area contributed by atoms with Gasteiger partial charge < -0.3 is 0 Å². The third-order valence-corrected chi connectivity index (χ3v) is 4.65. The standard InChI is InChI=1S/C23H21F3/c1-3-18-10-11-19(14-20(18)24)23-21(25)12-17(13-22(23)26)9-8-16-6-4-15(2)5-7-16/h4-7,10-14H,3,8-9H2,1-2H3. The molecule has 0 aliphatic carbocycles. The maximum Gasteiger partial charge on any atom is 0.134 e. The molecular formula is C23H21F3. The molecule has 26 heavy (non-hydrogen) atoms. The van der Waals surface area contributed by atoms with E-state index in [-0.39, 0.29) is 11.1 Å². The lowest BCUT2D eigenvalue weighted by molar-refractivity contribution is 0.584. The third-order valence-electron chi connectivity index (χ3n) is 4.65. The highest BCUT2D eigenvalue weighted by molar-refractivity contribution is 5.66. The zero-order valence-corrected chi connectivity index (χ0v) is 15.0. The fourth-order valence-corrected chi connectivity index (χ4v) is 3.08. The predicted molar refractivity (Wildman–Crippen MR) is 99.7 cm³/mol. The zero-order valence-electron chi connectivity index (χ0n) is 15.0. The largest absolute Gasteiger partial charge is 0.207 e. The van der Waals surface area contributed by atoms with Crippen LogP contribution >= 0.6 is 0 Å². The molecule has 0 amide bonds. The first kappa shape index (κ1) is 18.2. The van der Waals surface area contributed by atoms with E-state index in [4.69, 9.17) is 0 Å². The summed E-state index contributed by atoms with van der Waals surface area (Å²) in [6.45, 7) is 3.85. The topological polar surface area (TPSA) is 0 Å². The molecule has 0 spiro atoms. The van der Waals surface area contributed by atoms with Crippen LogP contribution in [0.5, 0.6) is 0 Å². The highest BCUT2D eigenvalue weighted by Gasteiger charge is 2.15.